The molecule has 1 aliphatic rings. The average molecular weight is 339 g/mol. The van der Waals surface area contributed by atoms with Crippen molar-refractivity contribution in [1.29, 1.82) is 0 Å². The molecule has 4 amide bonds. The van der Waals surface area contributed by atoms with Gasteiger partial charge in [0.25, 0.3) is 5.91 Å². The van der Waals surface area contributed by atoms with E-state index in [2.05, 4.69) is 10.6 Å². The molecule has 0 bridgehead atoms. The van der Waals surface area contributed by atoms with E-state index < -0.39 is 36.2 Å². The second-order valence-corrected chi connectivity index (χ2v) is 6.21. The van der Waals surface area contributed by atoms with Crippen LogP contribution >= 0.6 is 11.8 Å². The van der Waals surface area contributed by atoms with Crippen LogP contribution < -0.4 is 10.6 Å². The van der Waals surface area contributed by atoms with E-state index in [0.29, 0.717) is 12.0 Å². The Morgan fingerprint density at radius 3 is 2.83 bits per heavy atom. The van der Waals surface area contributed by atoms with Gasteiger partial charge < -0.3 is 10.6 Å². The number of carbonyl (C=O) groups is 3. The number of rotatable bonds is 6. The number of aryl methyl sites for hydroxylation is 1. The SMILES string of the molecule is CSCCC1NC(=O)N(CC(=O)Nc2ccc(C)c(F)c2)C1=O. The molecule has 0 aromatic heterocycles. The van der Waals surface area contributed by atoms with Gasteiger partial charge in [0.1, 0.15) is 18.4 Å². The minimum atomic E-state index is -0.584. The third-order valence-electron chi connectivity index (χ3n) is 3.47. The fourth-order valence-corrected chi connectivity index (χ4v) is 2.64. The van der Waals surface area contributed by atoms with Gasteiger partial charge in [-0.1, -0.05) is 6.07 Å². The van der Waals surface area contributed by atoms with Crippen molar-refractivity contribution >= 4 is 35.3 Å². The van der Waals surface area contributed by atoms with E-state index in [0.717, 1.165) is 10.7 Å². The smallest absolute Gasteiger partial charge is 0.325 e. The Morgan fingerprint density at radius 2 is 2.17 bits per heavy atom. The van der Waals surface area contributed by atoms with Crippen molar-refractivity contribution in [2.24, 2.45) is 0 Å². The molecule has 1 aromatic carbocycles. The van der Waals surface area contributed by atoms with E-state index in [-0.39, 0.29) is 5.69 Å². The zero-order valence-corrected chi connectivity index (χ0v) is 13.7. The van der Waals surface area contributed by atoms with Gasteiger partial charge in [0.2, 0.25) is 5.91 Å². The zero-order valence-electron chi connectivity index (χ0n) is 12.9. The fourth-order valence-electron chi connectivity index (χ4n) is 2.17. The van der Waals surface area contributed by atoms with Crippen molar-refractivity contribution in [3.63, 3.8) is 0 Å². The van der Waals surface area contributed by atoms with Crippen LogP contribution in [0.2, 0.25) is 0 Å². The monoisotopic (exact) mass is 339 g/mol. The molecule has 2 N–H and O–H groups in total. The normalized spacial score (nSPS) is 17.3. The highest BCUT2D eigenvalue weighted by atomic mass is 32.2. The molecule has 2 rings (SSSR count). The molecule has 1 fully saturated rings. The highest BCUT2D eigenvalue weighted by Crippen LogP contribution is 2.15. The van der Waals surface area contributed by atoms with E-state index in [4.69, 9.17) is 0 Å². The predicted molar refractivity (Wildman–Crippen MR) is 86.8 cm³/mol. The average Bonchev–Trinajstić information content (AvgIpc) is 2.76. The molecule has 1 atom stereocenters. The molecule has 0 saturated carbocycles. The Labute approximate surface area is 137 Å². The molecule has 0 spiro atoms. The first-order chi connectivity index (χ1) is 10.9. The summed E-state index contributed by atoms with van der Waals surface area (Å²) in [4.78, 5) is 36.7. The van der Waals surface area contributed by atoms with Gasteiger partial charge in [-0.05, 0) is 43.0 Å². The summed E-state index contributed by atoms with van der Waals surface area (Å²) in [5.41, 5.74) is 0.748. The lowest BCUT2D eigenvalue weighted by molar-refractivity contribution is -0.130. The Bertz CT molecular complexity index is 638. The van der Waals surface area contributed by atoms with Crippen LogP contribution in [0.3, 0.4) is 0 Å². The quantitative estimate of drug-likeness (QED) is 0.774. The summed E-state index contributed by atoms with van der Waals surface area (Å²) in [6.07, 6.45) is 2.43. The molecule has 6 nitrogen and oxygen atoms in total. The van der Waals surface area contributed by atoms with Crippen molar-refractivity contribution in [1.82, 2.24) is 10.2 Å². The molecular weight excluding hydrogens is 321 g/mol. The molecule has 0 radical (unpaired) electrons. The van der Waals surface area contributed by atoms with Gasteiger partial charge in [-0.15, -0.1) is 0 Å². The van der Waals surface area contributed by atoms with Gasteiger partial charge in [-0.25, -0.2) is 9.18 Å². The highest BCUT2D eigenvalue weighted by molar-refractivity contribution is 7.98. The lowest BCUT2D eigenvalue weighted by Crippen LogP contribution is -2.38. The topological polar surface area (TPSA) is 78.5 Å². The molecule has 1 saturated heterocycles. The molecule has 8 heteroatoms. The molecular formula is C15H18FN3O3S. The van der Waals surface area contributed by atoms with Crippen molar-refractivity contribution in [2.75, 3.05) is 23.9 Å². The second-order valence-electron chi connectivity index (χ2n) is 5.22. The summed E-state index contributed by atoms with van der Waals surface area (Å²) >= 11 is 1.57. The van der Waals surface area contributed by atoms with Crippen LogP contribution in [0.15, 0.2) is 18.2 Å². The molecule has 1 aliphatic heterocycles. The van der Waals surface area contributed by atoms with E-state index >= 15 is 0 Å². The van der Waals surface area contributed by atoms with Gasteiger partial charge in [0.05, 0.1) is 0 Å². The van der Waals surface area contributed by atoms with Crippen LogP contribution in [0.5, 0.6) is 0 Å². The van der Waals surface area contributed by atoms with Crippen LogP contribution in [-0.4, -0.2) is 47.3 Å². The summed E-state index contributed by atoms with van der Waals surface area (Å²) in [5.74, 6) is -0.661. The minimum Gasteiger partial charge on any atom is -0.326 e. The number of carbonyl (C=O) groups excluding carboxylic acids is 3. The fraction of sp³-hybridized carbons (Fsp3) is 0.400. The number of urea groups is 1. The molecule has 124 valence electrons. The lowest BCUT2D eigenvalue weighted by Gasteiger charge is -2.13. The number of nitrogens with one attached hydrogen (secondary N) is 2. The maximum absolute atomic E-state index is 13.4. The van der Waals surface area contributed by atoms with E-state index in [9.17, 15) is 18.8 Å². The first kappa shape index (κ1) is 17.3. The second kappa shape index (κ2) is 7.45. The first-order valence-corrected chi connectivity index (χ1v) is 8.48. The van der Waals surface area contributed by atoms with Gasteiger partial charge in [-0.2, -0.15) is 11.8 Å². The Hall–Kier alpha value is -2.09. The van der Waals surface area contributed by atoms with Gasteiger partial charge in [-0.3, -0.25) is 14.5 Å². The zero-order chi connectivity index (χ0) is 17.0. The molecule has 1 aromatic rings. The summed E-state index contributed by atoms with van der Waals surface area (Å²) in [7, 11) is 0. The molecule has 23 heavy (non-hydrogen) atoms. The van der Waals surface area contributed by atoms with Crippen LogP contribution in [0, 0.1) is 12.7 Å². The third kappa shape index (κ3) is 4.22. The standard InChI is InChI=1S/C15H18FN3O3S/c1-9-3-4-10(7-11(9)16)17-13(20)8-19-14(21)12(5-6-23-2)18-15(19)22/h3-4,7,12H,5-6,8H2,1-2H3,(H,17,20)(H,18,22). The van der Waals surface area contributed by atoms with Crippen molar-refractivity contribution < 1.29 is 18.8 Å². The third-order valence-corrected chi connectivity index (χ3v) is 4.12. The van der Waals surface area contributed by atoms with Crippen LogP contribution in [-0.2, 0) is 9.59 Å². The first-order valence-electron chi connectivity index (χ1n) is 7.09. The number of benzene rings is 1. The Balaban J connectivity index is 1.95. The number of hydrogen-bond donors (Lipinski definition) is 2. The van der Waals surface area contributed by atoms with E-state index in [1.165, 1.54) is 12.1 Å². The summed E-state index contributed by atoms with van der Waals surface area (Å²) in [5, 5.41) is 5.04. The number of imide groups is 1. The molecule has 1 unspecified atom stereocenters. The van der Waals surface area contributed by atoms with Crippen molar-refractivity contribution in [3.05, 3.63) is 29.6 Å². The lowest BCUT2D eigenvalue weighted by atomic mass is 10.2. The maximum atomic E-state index is 13.4. The van der Waals surface area contributed by atoms with Crippen molar-refractivity contribution in [2.45, 2.75) is 19.4 Å². The highest BCUT2D eigenvalue weighted by Gasteiger charge is 2.38. The molecule has 0 aliphatic carbocycles. The number of amides is 4. The van der Waals surface area contributed by atoms with E-state index in [1.54, 1.807) is 24.8 Å². The number of thioether (sulfide) groups is 1. The Kier molecular flexibility index (Phi) is 5.59. The summed E-state index contributed by atoms with van der Waals surface area (Å²) in [6, 6.07) is 3.13. The largest absolute Gasteiger partial charge is 0.326 e. The molecule has 1 heterocycles. The van der Waals surface area contributed by atoms with E-state index in [1.807, 2.05) is 6.26 Å². The summed E-state index contributed by atoms with van der Waals surface area (Å²) < 4.78 is 13.4. The minimum absolute atomic E-state index is 0.282. The van der Waals surface area contributed by atoms with Gasteiger partial charge >= 0.3 is 6.03 Å². The van der Waals surface area contributed by atoms with Crippen LogP contribution in [0.1, 0.15) is 12.0 Å². The predicted octanol–water partition coefficient (Wildman–Crippen LogP) is 1.75. The van der Waals surface area contributed by atoms with Crippen LogP contribution in [0.4, 0.5) is 14.9 Å². The maximum Gasteiger partial charge on any atom is 0.325 e. The van der Waals surface area contributed by atoms with Crippen LogP contribution in [0.25, 0.3) is 0 Å². The van der Waals surface area contributed by atoms with Gasteiger partial charge in [0.15, 0.2) is 0 Å². The summed E-state index contributed by atoms with van der Waals surface area (Å²) in [6.45, 7) is 1.22. The number of nitrogens with zero attached hydrogens (tertiary/aromatic N) is 1. The number of anilines is 1. The van der Waals surface area contributed by atoms with Gasteiger partial charge in [0, 0.05) is 5.69 Å². The Morgan fingerprint density at radius 1 is 1.43 bits per heavy atom. The number of halogens is 1. The van der Waals surface area contributed by atoms with Crippen molar-refractivity contribution in [3.8, 4) is 0 Å². The number of hydrogen-bond acceptors (Lipinski definition) is 4.